The fourth-order valence-corrected chi connectivity index (χ4v) is 2.26. The highest BCUT2D eigenvalue weighted by Crippen LogP contribution is 2.22. The molecule has 2 N–H and O–H groups in total. The summed E-state index contributed by atoms with van der Waals surface area (Å²) in [7, 11) is 3.97. The van der Waals surface area contributed by atoms with Crippen molar-refractivity contribution in [3.63, 3.8) is 0 Å². The van der Waals surface area contributed by atoms with Crippen molar-refractivity contribution in [3.05, 3.63) is 23.8 Å². The van der Waals surface area contributed by atoms with Crippen LogP contribution in [-0.4, -0.2) is 32.5 Å². The molecule has 5 nitrogen and oxygen atoms in total. The number of hydrogen-bond donors (Lipinski definition) is 2. The Hall–Kier alpha value is -2.04. The van der Waals surface area contributed by atoms with E-state index in [2.05, 4.69) is 10.6 Å². The molecule has 2 amide bonds. The fraction of sp³-hybridized carbons (Fsp3) is 0.467. The van der Waals surface area contributed by atoms with Crippen molar-refractivity contribution in [1.29, 1.82) is 0 Å². The summed E-state index contributed by atoms with van der Waals surface area (Å²) in [5, 5.41) is 5.68. The maximum Gasteiger partial charge on any atom is 0.229 e. The molecule has 1 aromatic carbocycles. The van der Waals surface area contributed by atoms with Crippen LogP contribution >= 0.6 is 0 Å². The summed E-state index contributed by atoms with van der Waals surface area (Å²) in [5.74, 6) is -0.133. The predicted molar refractivity (Wildman–Crippen MR) is 79.9 cm³/mol. The van der Waals surface area contributed by atoms with Gasteiger partial charge in [0, 0.05) is 38.4 Å². The zero-order chi connectivity index (χ0) is 14.7. The molecule has 0 aliphatic carbocycles. The largest absolute Gasteiger partial charge is 0.378 e. The fourth-order valence-electron chi connectivity index (χ4n) is 2.26. The second-order valence-electron chi connectivity index (χ2n) is 5.42. The van der Waals surface area contributed by atoms with Gasteiger partial charge in [-0.25, -0.2) is 0 Å². The van der Waals surface area contributed by atoms with E-state index in [9.17, 15) is 9.59 Å². The number of benzene rings is 1. The topological polar surface area (TPSA) is 61.4 Å². The predicted octanol–water partition coefficient (Wildman–Crippen LogP) is 1.53. The van der Waals surface area contributed by atoms with Gasteiger partial charge in [0.05, 0.1) is 5.92 Å². The summed E-state index contributed by atoms with van der Waals surface area (Å²) in [4.78, 5) is 25.3. The first kappa shape index (κ1) is 14.4. The molecule has 0 spiro atoms. The first-order valence-corrected chi connectivity index (χ1v) is 6.83. The molecule has 0 radical (unpaired) electrons. The molecule has 5 heteroatoms. The summed E-state index contributed by atoms with van der Waals surface area (Å²) in [5.41, 5.74) is 2.97. The quantitative estimate of drug-likeness (QED) is 0.879. The molecular weight excluding hydrogens is 254 g/mol. The molecule has 0 saturated carbocycles. The highest BCUT2D eigenvalue weighted by molar-refractivity contribution is 5.94. The van der Waals surface area contributed by atoms with Crippen molar-refractivity contribution in [1.82, 2.24) is 5.32 Å². The molecule has 1 aliphatic heterocycles. The monoisotopic (exact) mass is 275 g/mol. The number of amides is 2. The number of aryl methyl sites for hydroxylation is 1. The van der Waals surface area contributed by atoms with E-state index in [1.165, 1.54) is 0 Å². The number of hydrogen-bond acceptors (Lipinski definition) is 3. The minimum atomic E-state index is -0.138. The van der Waals surface area contributed by atoms with Crippen molar-refractivity contribution in [3.8, 4) is 0 Å². The van der Waals surface area contributed by atoms with Crippen LogP contribution in [0.1, 0.15) is 18.4 Å². The Labute approximate surface area is 119 Å². The third kappa shape index (κ3) is 3.29. The van der Waals surface area contributed by atoms with Crippen molar-refractivity contribution in [2.45, 2.75) is 19.8 Å². The van der Waals surface area contributed by atoms with E-state index in [1.807, 2.05) is 44.1 Å². The number of nitrogens with one attached hydrogen (secondary N) is 2. The van der Waals surface area contributed by atoms with Crippen LogP contribution in [0.4, 0.5) is 11.4 Å². The van der Waals surface area contributed by atoms with Gasteiger partial charge in [0.25, 0.3) is 0 Å². The Kier molecular flexibility index (Phi) is 4.27. The molecule has 2 rings (SSSR count). The lowest BCUT2D eigenvalue weighted by molar-refractivity contribution is -0.126. The molecular formula is C15H21N3O2. The van der Waals surface area contributed by atoms with E-state index in [1.54, 1.807) is 0 Å². The summed E-state index contributed by atoms with van der Waals surface area (Å²) in [6.45, 7) is 2.41. The number of nitrogens with zero attached hydrogens (tertiary/aromatic N) is 1. The van der Waals surface area contributed by atoms with Crippen LogP contribution in [0.2, 0.25) is 0 Å². The van der Waals surface area contributed by atoms with Gasteiger partial charge in [-0.1, -0.05) is 0 Å². The van der Waals surface area contributed by atoms with Crippen LogP contribution in [0.15, 0.2) is 18.2 Å². The Morgan fingerprint density at radius 1 is 1.40 bits per heavy atom. The zero-order valence-electron chi connectivity index (χ0n) is 12.2. The Bertz CT molecular complexity index is 516. The van der Waals surface area contributed by atoms with E-state index in [0.717, 1.165) is 16.9 Å². The lowest BCUT2D eigenvalue weighted by atomic mass is 9.98. The van der Waals surface area contributed by atoms with Gasteiger partial charge in [-0.15, -0.1) is 0 Å². The number of anilines is 2. The first-order valence-electron chi connectivity index (χ1n) is 6.83. The molecule has 1 aromatic rings. The maximum atomic E-state index is 12.2. The van der Waals surface area contributed by atoms with Crippen LogP contribution in [0, 0.1) is 12.8 Å². The average Bonchev–Trinajstić information content (AvgIpc) is 2.41. The lowest BCUT2D eigenvalue weighted by Crippen LogP contribution is -2.40. The summed E-state index contributed by atoms with van der Waals surface area (Å²) >= 11 is 0. The molecule has 1 heterocycles. The molecule has 1 atom stereocenters. The first-order chi connectivity index (χ1) is 9.47. The molecule has 1 saturated heterocycles. The molecule has 1 unspecified atom stereocenters. The van der Waals surface area contributed by atoms with Crippen molar-refractivity contribution in [2.24, 2.45) is 5.92 Å². The average molecular weight is 275 g/mol. The number of carbonyl (C=O) groups excluding carboxylic acids is 2. The third-order valence-corrected chi connectivity index (χ3v) is 3.62. The van der Waals surface area contributed by atoms with Crippen molar-refractivity contribution in [2.75, 3.05) is 30.9 Å². The SMILES string of the molecule is Cc1cc(N(C)C)ccc1NC(=O)C1CCC(=O)NC1. The van der Waals surface area contributed by atoms with Crippen molar-refractivity contribution >= 4 is 23.2 Å². The highest BCUT2D eigenvalue weighted by atomic mass is 16.2. The summed E-state index contributed by atoms with van der Waals surface area (Å²) < 4.78 is 0. The van der Waals surface area contributed by atoms with Gasteiger partial charge in [-0.3, -0.25) is 9.59 Å². The number of carbonyl (C=O) groups is 2. The normalized spacial score (nSPS) is 18.4. The van der Waals surface area contributed by atoms with E-state index < -0.39 is 0 Å². The van der Waals surface area contributed by atoms with E-state index in [4.69, 9.17) is 0 Å². The molecule has 1 aliphatic rings. The van der Waals surface area contributed by atoms with Gasteiger partial charge in [-0.05, 0) is 37.1 Å². The lowest BCUT2D eigenvalue weighted by Gasteiger charge is -2.22. The highest BCUT2D eigenvalue weighted by Gasteiger charge is 2.24. The van der Waals surface area contributed by atoms with E-state index in [0.29, 0.717) is 19.4 Å². The van der Waals surface area contributed by atoms with Crippen LogP contribution in [0.5, 0.6) is 0 Å². The van der Waals surface area contributed by atoms with Crippen LogP contribution in [-0.2, 0) is 9.59 Å². The van der Waals surface area contributed by atoms with Gasteiger partial charge >= 0.3 is 0 Å². The molecule has 20 heavy (non-hydrogen) atoms. The number of rotatable bonds is 3. The van der Waals surface area contributed by atoms with Gasteiger partial charge < -0.3 is 15.5 Å². The van der Waals surface area contributed by atoms with Crippen LogP contribution in [0.3, 0.4) is 0 Å². The molecule has 0 aromatic heterocycles. The summed E-state index contributed by atoms with van der Waals surface area (Å²) in [6.07, 6.45) is 1.04. The Morgan fingerprint density at radius 3 is 2.70 bits per heavy atom. The van der Waals surface area contributed by atoms with Gasteiger partial charge in [0.2, 0.25) is 11.8 Å². The zero-order valence-corrected chi connectivity index (χ0v) is 12.2. The van der Waals surface area contributed by atoms with Crippen LogP contribution in [0.25, 0.3) is 0 Å². The van der Waals surface area contributed by atoms with E-state index >= 15 is 0 Å². The van der Waals surface area contributed by atoms with Gasteiger partial charge in [-0.2, -0.15) is 0 Å². The smallest absolute Gasteiger partial charge is 0.229 e. The second kappa shape index (κ2) is 5.94. The molecule has 1 fully saturated rings. The minimum absolute atomic E-state index is 0.0225. The van der Waals surface area contributed by atoms with Crippen molar-refractivity contribution < 1.29 is 9.59 Å². The Morgan fingerprint density at radius 2 is 2.15 bits per heavy atom. The summed E-state index contributed by atoms with van der Waals surface area (Å²) in [6, 6.07) is 5.94. The maximum absolute atomic E-state index is 12.2. The number of piperidine rings is 1. The molecule has 0 bridgehead atoms. The Balaban J connectivity index is 2.02. The third-order valence-electron chi connectivity index (χ3n) is 3.62. The van der Waals surface area contributed by atoms with Crippen LogP contribution < -0.4 is 15.5 Å². The standard InChI is InChI=1S/C15H21N3O2/c1-10-8-12(18(2)3)5-6-13(10)17-15(20)11-4-7-14(19)16-9-11/h5-6,8,11H,4,7,9H2,1-3H3,(H,16,19)(H,17,20). The van der Waals surface area contributed by atoms with Gasteiger partial charge in [0.1, 0.15) is 0 Å². The second-order valence-corrected chi connectivity index (χ2v) is 5.42. The molecule has 108 valence electrons. The minimum Gasteiger partial charge on any atom is -0.378 e. The van der Waals surface area contributed by atoms with E-state index in [-0.39, 0.29) is 17.7 Å². The van der Waals surface area contributed by atoms with Gasteiger partial charge in [0.15, 0.2) is 0 Å².